The molecule has 1 aliphatic carbocycles. The third-order valence-corrected chi connectivity index (χ3v) is 2.78. The lowest BCUT2D eigenvalue weighted by molar-refractivity contribution is 0.0821. The topological polar surface area (TPSA) is 71.5 Å². The molecule has 1 N–H and O–H groups in total. The van der Waals surface area contributed by atoms with Crippen LogP contribution in [0.25, 0.3) is 0 Å². The summed E-state index contributed by atoms with van der Waals surface area (Å²) in [5.74, 6) is -0.0640. The molecule has 1 saturated carbocycles. The molecular weight excluding hydrogens is 246 g/mol. The van der Waals surface area contributed by atoms with Crippen molar-refractivity contribution >= 4 is 11.8 Å². The van der Waals surface area contributed by atoms with E-state index in [4.69, 9.17) is 4.74 Å². The van der Waals surface area contributed by atoms with Crippen molar-refractivity contribution < 1.29 is 14.3 Å². The Balaban J connectivity index is 2.35. The molecule has 1 aromatic heterocycles. The van der Waals surface area contributed by atoms with Crippen LogP contribution in [0.5, 0.6) is 5.75 Å². The maximum Gasteiger partial charge on any atom is 0.269 e. The molecule has 19 heavy (non-hydrogen) atoms. The number of nitrogens with zero attached hydrogens (tertiary/aromatic N) is 2. The predicted molar refractivity (Wildman–Crippen MR) is 69.3 cm³/mol. The van der Waals surface area contributed by atoms with E-state index in [9.17, 15) is 9.59 Å². The van der Waals surface area contributed by atoms with Crippen LogP contribution in [-0.4, -0.2) is 48.9 Å². The number of hydrogen-bond acceptors (Lipinski definition) is 4. The van der Waals surface area contributed by atoms with Crippen molar-refractivity contribution in [3.8, 4) is 5.75 Å². The van der Waals surface area contributed by atoms with E-state index in [0.717, 1.165) is 12.8 Å². The van der Waals surface area contributed by atoms with Crippen LogP contribution in [0.15, 0.2) is 12.3 Å². The molecule has 0 spiro atoms. The summed E-state index contributed by atoms with van der Waals surface area (Å²) >= 11 is 0. The molecule has 2 amide bonds. The van der Waals surface area contributed by atoms with E-state index in [0.29, 0.717) is 11.3 Å². The number of aromatic nitrogens is 1. The van der Waals surface area contributed by atoms with E-state index in [1.807, 2.05) is 0 Å². The normalized spacial score (nSPS) is 13.8. The molecule has 1 aliphatic rings. The van der Waals surface area contributed by atoms with Crippen LogP contribution < -0.4 is 10.1 Å². The van der Waals surface area contributed by atoms with Crippen molar-refractivity contribution in [2.24, 2.45) is 0 Å². The average molecular weight is 263 g/mol. The second kappa shape index (κ2) is 5.26. The first-order chi connectivity index (χ1) is 9.02. The first kappa shape index (κ1) is 13.3. The molecular formula is C13H17N3O3. The molecule has 102 valence electrons. The van der Waals surface area contributed by atoms with Gasteiger partial charge in [-0.2, -0.15) is 0 Å². The van der Waals surface area contributed by atoms with Crippen LogP contribution in [0, 0.1) is 0 Å². The van der Waals surface area contributed by atoms with Crippen molar-refractivity contribution in [3.05, 3.63) is 23.5 Å². The number of carbonyl (C=O) groups is 2. The fourth-order valence-electron chi connectivity index (χ4n) is 1.55. The largest absolute Gasteiger partial charge is 0.489 e. The fraction of sp³-hybridized carbons (Fsp3) is 0.462. The summed E-state index contributed by atoms with van der Waals surface area (Å²) < 4.78 is 5.70. The number of pyridine rings is 1. The molecule has 1 aromatic rings. The Bertz CT molecular complexity index is 510. The van der Waals surface area contributed by atoms with Gasteiger partial charge in [0.05, 0.1) is 11.7 Å². The number of hydrogen-bond donors (Lipinski definition) is 1. The Kier molecular flexibility index (Phi) is 3.69. The van der Waals surface area contributed by atoms with Gasteiger partial charge >= 0.3 is 0 Å². The minimum atomic E-state index is -0.301. The Hall–Kier alpha value is -2.11. The molecule has 2 rings (SSSR count). The van der Waals surface area contributed by atoms with E-state index >= 15 is 0 Å². The van der Waals surface area contributed by atoms with Crippen LogP contribution in [0.4, 0.5) is 0 Å². The number of rotatable bonds is 4. The molecule has 0 saturated heterocycles. The summed E-state index contributed by atoms with van der Waals surface area (Å²) in [6, 6.07) is 1.52. The lowest BCUT2D eigenvalue weighted by atomic mass is 10.2. The minimum Gasteiger partial charge on any atom is -0.489 e. The van der Waals surface area contributed by atoms with Crippen LogP contribution in [0.2, 0.25) is 0 Å². The van der Waals surface area contributed by atoms with Gasteiger partial charge in [-0.1, -0.05) is 0 Å². The third-order valence-electron chi connectivity index (χ3n) is 2.78. The van der Waals surface area contributed by atoms with Gasteiger partial charge in [0.15, 0.2) is 0 Å². The lowest BCUT2D eigenvalue weighted by Gasteiger charge is -2.15. The van der Waals surface area contributed by atoms with Crippen LogP contribution in [0.1, 0.15) is 33.7 Å². The summed E-state index contributed by atoms with van der Waals surface area (Å²) in [7, 11) is 4.86. The Morgan fingerprint density at radius 1 is 1.42 bits per heavy atom. The smallest absolute Gasteiger partial charge is 0.269 e. The van der Waals surface area contributed by atoms with Gasteiger partial charge in [-0.15, -0.1) is 0 Å². The molecule has 6 heteroatoms. The Morgan fingerprint density at radius 2 is 2.11 bits per heavy atom. The van der Waals surface area contributed by atoms with Gasteiger partial charge in [0.1, 0.15) is 11.4 Å². The second-order valence-corrected chi connectivity index (χ2v) is 4.66. The van der Waals surface area contributed by atoms with E-state index in [2.05, 4.69) is 10.3 Å². The summed E-state index contributed by atoms with van der Waals surface area (Å²) in [5, 5.41) is 2.50. The maximum absolute atomic E-state index is 12.0. The molecule has 6 nitrogen and oxygen atoms in total. The molecule has 0 radical (unpaired) electrons. The minimum absolute atomic E-state index is 0.147. The second-order valence-electron chi connectivity index (χ2n) is 4.66. The molecule has 0 unspecified atom stereocenters. The number of nitrogens with one attached hydrogen (secondary N) is 1. The zero-order valence-electron chi connectivity index (χ0n) is 11.3. The summed E-state index contributed by atoms with van der Waals surface area (Å²) in [6.45, 7) is 0. The van der Waals surface area contributed by atoms with Gasteiger partial charge in [-0.25, -0.2) is 4.98 Å². The molecule has 0 aromatic carbocycles. The SMILES string of the molecule is CNC(=O)c1cc(OC2CC2)c(C(=O)N(C)C)cn1. The fourth-order valence-corrected chi connectivity index (χ4v) is 1.55. The van der Waals surface area contributed by atoms with E-state index < -0.39 is 0 Å². The van der Waals surface area contributed by atoms with Gasteiger partial charge < -0.3 is 15.0 Å². The Labute approximate surface area is 111 Å². The highest BCUT2D eigenvalue weighted by Crippen LogP contribution is 2.29. The van der Waals surface area contributed by atoms with Gasteiger partial charge in [0.25, 0.3) is 11.8 Å². The van der Waals surface area contributed by atoms with Gasteiger partial charge in [-0.05, 0) is 12.8 Å². The highest BCUT2D eigenvalue weighted by molar-refractivity contribution is 5.98. The summed E-state index contributed by atoms with van der Waals surface area (Å²) in [6.07, 6.45) is 3.50. The zero-order chi connectivity index (χ0) is 14.0. The molecule has 1 heterocycles. The predicted octanol–water partition coefficient (Wildman–Crippen LogP) is 0.684. The van der Waals surface area contributed by atoms with E-state index in [-0.39, 0.29) is 23.6 Å². The lowest BCUT2D eigenvalue weighted by Crippen LogP contribution is -2.24. The maximum atomic E-state index is 12.0. The summed E-state index contributed by atoms with van der Waals surface area (Å²) in [5.41, 5.74) is 0.623. The standard InChI is InChI=1S/C13H17N3O3/c1-14-12(17)10-6-11(19-8-4-5-8)9(7-15-10)13(18)16(2)3/h6-8H,4-5H2,1-3H3,(H,14,17). The van der Waals surface area contributed by atoms with E-state index in [1.165, 1.54) is 24.2 Å². The van der Waals surface area contributed by atoms with Crippen molar-refractivity contribution in [2.75, 3.05) is 21.1 Å². The quantitative estimate of drug-likeness (QED) is 0.867. The molecule has 1 fully saturated rings. The van der Waals surface area contributed by atoms with Crippen molar-refractivity contribution in [1.82, 2.24) is 15.2 Å². The molecule has 0 bridgehead atoms. The van der Waals surface area contributed by atoms with Crippen LogP contribution in [-0.2, 0) is 0 Å². The van der Waals surface area contributed by atoms with Gasteiger partial charge in [0.2, 0.25) is 0 Å². The van der Waals surface area contributed by atoms with Crippen molar-refractivity contribution in [1.29, 1.82) is 0 Å². The molecule has 0 aliphatic heterocycles. The number of carbonyl (C=O) groups excluding carboxylic acids is 2. The summed E-state index contributed by atoms with van der Waals surface area (Å²) in [4.78, 5) is 29.0. The zero-order valence-corrected chi connectivity index (χ0v) is 11.3. The van der Waals surface area contributed by atoms with Crippen molar-refractivity contribution in [2.45, 2.75) is 18.9 Å². The highest BCUT2D eigenvalue weighted by Gasteiger charge is 2.27. The third kappa shape index (κ3) is 3.01. The Morgan fingerprint density at radius 3 is 2.63 bits per heavy atom. The average Bonchev–Trinajstić information content (AvgIpc) is 3.20. The molecule has 0 atom stereocenters. The van der Waals surface area contributed by atoms with Crippen molar-refractivity contribution in [3.63, 3.8) is 0 Å². The van der Waals surface area contributed by atoms with Gasteiger partial charge in [0, 0.05) is 33.4 Å². The highest BCUT2D eigenvalue weighted by atomic mass is 16.5. The first-order valence-corrected chi connectivity index (χ1v) is 6.13. The number of amides is 2. The number of ether oxygens (including phenoxy) is 1. The monoisotopic (exact) mass is 263 g/mol. The van der Waals surface area contributed by atoms with E-state index in [1.54, 1.807) is 14.1 Å². The van der Waals surface area contributed by atoms with Crippen LogP contribution >= 0.6 is 0 Å². The first-order valence-electron chi connectivity index (χ1n) is 6.13. The van der Waals surface area contributed by atoms with Gasteiger partial charge in [-0.3, -0.25) is 9.59 Å². The van der Waals surface area contributed by atoms with Crippen LogP contribution in [0.3, 0.4) is 0 Å².